The van der Waals surface area contributed by atoms with E-state index in [1.807, 2.05) is 0 Å². The molecule has 0 aromatic heterocycles. The Kier molecular flexibility index (Phi) is 32.9. The molecule has 0 heterocycles. The van der Waals surface area contributed by atoms with Gasteiger partial charge in [-0.05, 0) is 56.4 Å². The molecule has 25 heteroatoms. The van der Waals surface area contributed by atoms with E-state index < -0.39 is 90.5 Å². The number of rotatable bonds is 43. The lowest BCUT2D eigenvalue weighted by Gasteiger charge is -2.16. The van der Waals surface area contributed by atoms with Crippen LogP contribution in [0.3, 0.4) is 0 Å². The number of carbonyl (C=O) groups is 10. The Hall–Kier alpha value is -6.44. The van der Waals surface area contributed by atoms with E-state index in [0.717, 1.165) is 38.5 Å². The average molecular weight is 985 g/mol. The quantitative estimate of drug-likeness (QED) is 0.0376. The molecule has 0 aliphatic carbocycles. The molecule has 3 atom stereocenters. The SMILES string of the molecule is NC(=O)CCC(NC(=O)CC[C@H](NC(=O)COCCOCCNC(=O)COCCOCCNC(=O)CC[C@H](NC(=O)CCCCCCCCCOc1ccc(C(=O)O)cc1)C(=O)O)C(=O)O)C(=O)O. The molecule has 1 aromatic carbocycles. The van der Waals surface area contributed by atoms with Gasteiger partial charge in [0.1, 0.15) is 37.1 Å². The molecule has 69 heavy (non-hydrogen) atoms. The third-order valence-electron chi connectivity index (χ3n) is 9.67. The van der Waals surface area contributed by atoms with Crippen LogP contribution in [0, 0.1) is 0 Å². The van der Waals surface area contributed by atoms with Gasteiger partial charge in [-0.2, -0.15) is 0 Å². The van der Waals surface area contributed by atoms with Crippen molar-refractivity contribution in [2.75, 3.05) is 72.6 Å². The van der Waals surface area contributed by atoms with Crippen molar-refractivity contribution in [2.24, 2.45) is 5.73 Å². The Morgan fingerprint density at radius 2 is 0.870 bits per heavy atom. The Bertz CT molecular complexity index is 1770. The molecule has 0 saturated heterocycles. The smallest absolute Gasteiger partial charge is 0.335 e. The van der Waals surface area contributed by atoms with Gasteiger partial charge in [0.15, 0.2) is 0 Å². The summed E-state index contributed by atoms with van der Waals surface area (Å²) in [6.45, 7) is 0.523. The van der Waals surface area contributed by atoms with Crippen molar-refractivity contribution in [3.05, 3.63) is 29.8 Å². The van der Waals surface area contributed by atoms with Crippen molar-refractivity contribution in [3.8, 4) is 5.75 Å². The fraction of sp³-hybridized carbons (Fsp3) is 0.636. The highest BCUT2D eigenvalue weighted by Crippen LogP contribution is 2.14. The number of primary amides is 1. The summed E-state index contributed by atoms with van der Waals surface area (Å²) in [5, 5.41) is 49.0. The lowest BCUT2D eigenvalue weighted by Crippen LogP contribution is -2.45. The highest BCUT2D eigenvalue weighted by Gasteiger charge is 2.25. The van der Waals surface area contributed by atoms with Gasteiger partial charge in [-0.1, -0.05) is 32.1 Å². The number of aliphatic carboxylic acids is 3. The van der Waals surface area contributed by atoms with Crippen LogP contribution >= 0.6 is 0 Å². The summed E-state index contributed by atoms with van der Waals surface area (Å²) in [5.41, 5.74) is 5.20. The molecule has 388 valence electrons. The Labute approximate surface area is 399 Å². The number of carboxylic acid groups (broad SMARTS) is 4. The predicted octanol–water partition coefficient (Wildman–Crippen LogP) is -0.283. The number of hydrogen-bond acceptors (Lipinski definition) is 15. The fourth-order valence-electron chi connectivity index (χ4n) is 5.97. The number of carbonyl (C=O) groups excluding carboxylic acids is 6. The van der Waals surface area contributed by atoms with Crippen molar-refractivity contribution in [2.45, 2.75) is 108 Å². The van der Waals surface area contributed by atoms with Crippen LogP contribution in [-0.2, 0) is 62.1 Å². The van der Waals surface area contributed by atoms with Crippen molar-refractivity contribution < 1.29 is 92.1 Å². The fourth-order valence-corrected chi connectivity index (χ4v) is 5.97. The van der Waals surface area contributed by atoms with Gasteiger partial charge >= 0.3 is 23.9 Å². The number of nitrogens with one attached hydrogen (secondary N) is 5. The first kappa shape index (κ1) is 60.6. The lowest BCUT2D eigenvalue weighted by atomic mass is 10.1. The first-order valence-corrected chi connectivity index (χ1v) is 22.6. The zero-order chi connectivity index (χ0) is 51.2. The van der Waals surface area contributed by atoms with Crippen molar-refractivity contribution in [3.63, 3.8) is 0 Å². The second-order valence-electron chi connectivity index (χ2n) is 15.4. The summed E-state index contributed by atoms with van der Waals surface area (Å²) in [7, 11) is 0. The molecule has 0 fully saturated rings. The number of aromatic carboxylic acids is 1. The van der Waals surface area contributed by atoms with Gasteiger partial charge in [0, 0.05) is 38.8 Å². The molecule has 0 bridgehead atoms. The first-order chi connectivity index (χ1) is 33.0. The van der Waals surface area contributed by atoms with Crippen molar-refractivity contribution in [1.82, 2.24) is 26.6 Å². The third-order valence-corrected chi connectivity index (χ3v) is 9.67. The minimum Gasteiger partial charge on any atom is -0.494 e. The van der Waals surface area contributed by atoms with E-state index in [2.05, 4.69) is 26.6 Å². The molecule has 25 nitrogen and oxygen atoms in total. The maximum absolute atomic E-state index is 12.3. The molecule has 1 aromatic rings. The summed E-state index contributed by atoms with van der Waals surface area (Å²) in [4.78, 5) is 117. The molecule has 0 radical (unpaired) electrons. The summed E-state index contributed by atoms with van der Waals surface area (Å²) < 4.78 is 26.7. The summed E-state index contributed by atoms with van der Waals surface area (Å²) in [5.74, 6) is -7.97. The Morgan fingerprint density at radius 3 is 1.38 bits per heavy atom. The van der Waals surface area contributed by atoms with Gasteiger partial charge < -0.3 is 76.4 Å². The van der Waals surface area contributed by atoms with Gasteiger partial charge in [-0.3, -0.25) is 28.8 Å². The molecule has 0 aliphatic heterocycles. The Balaban J connectivity index is 2.02. The second-order valence-corrected chi connectivity index (χ2v) is 15.4. The standard InChI is InChI=1S/C44H68N6O19/c45-35(51)16-13-32(42(59)60)49-38(54)18-15-34(44(63)64)50-40(56)29-68-27-25-66-23-20-47-39(55)28-67-26-24-65-22-19-46-36(52)17-14-33(43(61)62)48-37(53)8-6-4-2-1-3-5-7-21-69-31-11-9-30(10-12-31)41(57)58/h9-12,32-34H,1-8,13-29H2,(H2,45,51)(H,46,52)(H,47,55)(H,48,53)(H,49,54)(H,50,56)(H,57,58)(H,59,60)(H,61,62)(H,63,64)/t32?,33-,34-/m0/s1. The number of ether oxygens (including phenoxy) is 5. The van der Waals surface area contributed by atoms with Gasteiger partial charge in [-0.15, -0.1) is 0 Å². The molecule has 11 N–H and O–H groups in total. The largest absolute Gasteiger partial charge is 0.494 e. The van der Waals surface area contributed by atoms with Gasteiger partial charge in [0.2, 0.25) is 35.4 Å². The normalized spacial score (nSPS) is 12.1. The van der Waals surface area contributed by atoms with Gasteiger partial charge in [-0.25, -0.2) is 19.2 Å². The molecule has 6 amide bonds. The summed E-state index contributed by atoms with van der Waals surface area (Å²) >= 11 is 0. The highest BCUT2D eigenvalue weighted by molar-refractivity contribution is 5.88. The molecule has 1 rings (SSSR count). The zero-order valence-corrected chi connectivity index (χ0v) is 38.7. The number of benzene rings is 1. The van der Waals surface area contributed by atoms with E-state index in [9.17, 15) is 58.2 Å². The predicted molar refractivity (Wildman–Crippen MR) is 241 cm³/mol. The monoisotopic (exact) mass is 984 g/mol. The highest BCUT2D eigenvalue weighted by atomic mass is 16.5. The van der Waals surface area contributed by atoms with Crippen LogP contribution in [0.15, 0.2) is 24.3 Å². The lowest BCUT2D eigenvalue weighted by molar-refractivity contribution is -0.144. The topological polar surface area (TPSA) is 384 Å². The van der Waals surface area contributed by atoms with Crippen LogP contribution in [0.1, 0.15) is 100 Å². The average Bonchev–Trinajstić information content (AvgIpc) is 3.29. The first-order valence-electron chi connectivity index (χ1n) is 22.6. The molecular weight excluding hydrogens is 917 g/mol. The van der Waals surface area contributed by atoms with E-state index in [1.165, 1.54) is 12.1 Å². The zero-order valence-electron chi connectivity index (χ0n) is 38.7. The second kappa shape index (κ2) is 37.5. The number of unbranched alkanes of at least 4 members (excludes halogenated alkanes) is 6. The van der Waals surface area contributed by atoms with E-state index >= 15 is 0 Å². The van der Waals surface area contributed by atoms with Crippen LogP contribution in [0.5, 0.6) is 5.75 Å². The van der Waals surface area contributed by atoms with E-state index in [1.54, 1.807) is 12.1 Å². The number of hydrogen-bond donors (Lipinski definition) is 10. The minimum atomic E-state index is -1.46. The third kappa shape index (κ3) is 32.8. The van der Waals surface area contributed by atoms with E-state index in [-0.39, 0.29) is 103 Å². The van der Waals surface area contributed by atoms with E-state index in [0.29, 0.717) is 18.8 Å². The number of amides is 6. The van der Waals surface area contributed by atoms with E-state index in [4.69, 9.17) is 39.6 Å². The maximum Gasteiger partial charge on any atom is 0.335 e. The van der Waals surface area contributed by atoms with Crippen LogP contribution in [0.25, 0.3) is 0 Å². The molecule has 0 saturated carbocycles. The summed E-state index contributed by atoms with van der Waals surface area (Å²) in [6.07, 6.45) is 4.85. The van der Waals surface area contributed by atoms with Gasteiger partial charge in [0.25, 0.3) is 0 Å². The van der Waals surface area contributed by atoms with Crippen LogP contribution in [-0.4, -0.2) is 170 Å². The Morgan fingerprint density at radius 1 is 0.449 bits per heavy atom. The van der Waals surface area contributed by atoms with Crippen LogP contribution in [0.2, 0.25) is 0 Å². The molecule has 0 aliphatic rings. The summed E-state index contributed by atoms with van der Waals surface area (Å²) in [6, 6.07) is 2.19. The van der Waals surface area contributed by atoms with Crippen LogP contribution in [0.4, 0.5) is 0 Å². The number of nitrogens with two attached hydrogens (primary N) is 1. The van der Waals surface area contributed by atoms with Crippen LogP contribution < -0.4 is 37.1 Å². The number of carboxylic acids is 4. The van der Waals surface area contributed by atoms with Gasteiger partial charge in [0.05, 0.1) is 51.8 Å². The molecule has 0 spiro atoms. The maximum atomic E-state index is 12.3. The van der Waals surface area contributed by atoms with Crippen molar-refractivity contribution in [1.29, 1.82) is 0 Å². The minimum absolute atomic E-state index is 0.0384. The molecule has 1 unspecified atom stereocenters. The van der Waals surface area contributed by atoms with Crippen molar-refractivity contribution >= 4 is 59.3 Å². The molecular formula is C44H68N6O19.